The van der Waals surface area contributed by atoms with Gasteiger partial charge in [0.1, 0.15) is 5.60 Å². The van der Waals surface area contributed by atoms with Crippen LogP contribution >= 0.6 is 23.2 Å². The number of piperazine rings is 1. The summed E-state index contributed by atoms with van der Waals surface area (Å²) in [6, 6.07) is 5.23. The number of nitrogens with one attached hydrogen (secondary N) is 1. The highest BCUT2D eigenvalue weighted by atomic mass is 35.5. The van der Waals surface area contributed by atoms with Gasteiger partial charge in [0.2, 0.25) is 0 Å². The second-order valence-electron chi connectivity index (χ2n) is 8.63. The molecule has 0 spiro atoms. The van der Waals surface area contributed by atoms with Gasteiger partial charge in [-0.2, -0.15) is 0 Å². The Bertz CT molecular complexity index is 787. The average Bonchev–Trinajstić information content (AvgIpc) is 3.44. The molecule has 3 fully saturated rings. The number of urea groups is 1. The van der Waals surface area contributed by atoms with Crippen molar-refractivity contribution in [2.24, 2.45) is 17.4 Å². The van der Waals surface area contributed by atoms with Crippen LogP contribution in [0.2, 0.25) is 10.0 Å². The van der Waals surface area contributed by atoms with Gasteiger partial charge in [-0.3, -0.25) is 9.69 Å². The minimum atomic E-state index is -1.05. The minimum absolute atomic E-state index is 0.165. The summed E-state index contributed by atoms with van der Waals surface area (Å²) in [5.41, 5.74) is 8.48. The number of anilines is 1. The van der Waals surface area contributed by atoms with Crippen LogP contribution in [-0.4, -0.2) is 66.3 Å². The summed E-state index contributed by atoms with van der Waals surface area (Å²) >= 11 is 12.5. The van der Waals surface area contributed by atoms with Crippen molar-refractivity contribution in [3.05, 3.63) is 28.2 Å². The standard InChI is InChI=1S/C20H27Cl2N3O2.CH4N2O/c21-16-2-1-3-17(18(16)22)25-10-8-24(9-11-25)7-4-14-12-15(13-14)23-19(26)20(27)5-6-20;2-1(3)4/h1-3,14-15,27H,4-13H2,(H,23,26);(H4,2,3,4). The van der Waals surface area contributed by atoms with E-state index in [0.717, 1.165) is 51.3 Å². The van der Waals surface area contributed by atoms with Gasteiger partial charge in [0, 0.05) is 32.2 Å². The Morgan fingerprint density at radius 1 is 1.13 bits per heavy atom. The Balaban J connectivity index is 0.000000628. The highest BCUT2D eigenvalue weighted by molar-refractivity contribution is 6.43. The van der Waals surface area contributed by atoms with Crippen LogP contribution in [-0.2, 0) is 4.79 Å². The van der Waals surface area contributed by atoms with Gasteiger partial charge in [-0.25, -0.2) is 4.79 Å². The van der Waals surface area contributed by atoms with E-state index in [1.165, 1.54) is 6.42 Å². The number of amides is 3. The number of rotatable bonds is 6. The molecule has 0 radical (unpaired) electrons. The molecule has 0 unspecified atom stereocenters. The lowest BCUT2D eigenvalue weighted by atomic mass is 9.78. The molecule has 172 valence electrons. The number of nitrogens with zero attached hydrogens (tertiary/aromatic N) is 2. The molecule has 1 aromatic rings. The van der Waals surface area contributed by atoms with Crippen molar-refractivity contribution >= 4 is 40.8 Å². The van der Waals surface area contributed by atoms with Crippen molar-refractivity contribution in [1.29, 1.82) is 0 Å². The average molecular weight is 472 g/mol. The van der Waals surface area contributed by atoms with Crippen LogP contribution in [0.5, 0.6) is 0 Å². The first-order chi connectivity index (χ1) is 14.7. The topological polar surface area (TPSA) is 125 Å². The molecule has 0 aromatic heterocycles. The number of hydrogen-bond donors (Lipinski definition) is 4. The fraction of sp³-hybridized carbons (Fsp3) is 0.619. The molecule has 3 amide bonds. The minimum Gasteiger partial charge on any atom is -0.380 e. The zero-order valence-corrected chi connectivity index (χ0v) is 19.0. The van der Waals surface area contributed by atoms with Crippen molar-refractivity contribution in [2.45, 2.75) is 43.7 Å². The van der Waals surface area contributed by atoms with E-state index in [2.05, 4.69) is 26.6 Å². The number of primary amides is 2. The highest BCUT2D eigenvalue weighted by Crippen LogP contribution is 2.37. The van der Waals surface area contributed by atoms with Crippen LogP contribution in [0.4, 0.5) is 10.5 Å². The molecule has 4 rings (SSSR count). The molecule has 2 saturated carbocycles. The largest absolute Gasteiger partial charge is 0.380 e. The molecule has 8 nitrogen and oxygen atoms in total. The van der Waals surface area contributed by atoms with E-state index in [-0.39, 0.29) is 11.9 Å². The van der Waals surface area contributed by atoms with Crippen LogP contribution in [0.1, 0.15) is 32.1 Å². The van der Waals surface area contributed by atoms with E-state index in [1.807, 2.05) is 18.2 Å². The monoisotopic (exact) mass is 471 g/mol. The number of carbonyl (C=O) groups excluding carboxylic acids is 2. The van der Waals surface area contributed by atoms with E-state index in [1.54, 1.807) is 0 Å². The number of halogens is 2. The molecule has 3 aliphatic rings. The first-order valence-electron chi connectivity index (χ1n) is 10.7. The molecule has 6 N–H and O–H groups in total. The highest BCUT2D eigenvalue weighted by Gasteiger charge is 2.49. The normalized spacial score (nSPS) is 24.4. The zero-order valence-electron chi connectivity index (χ0n) is 17.5. The van der Waals surface area contributed by atoms with Gasteiger partial charge in [-0.15, -0.1) is 0 Å². The third kappa shape index (κ3) is 6.62. The van der Waals surface area contributed by atoms with Crippen LogP contribution in [0.25, 0.3) is 0 Å². The van der Waals surface area contributed by atoms with Crippen LogP contribution in [0.15, 0.2) is 18.2 Å². The third-order valence-corrected chi connectivity index (χ3v) is 7.02. The van der Waals surface area contributed by atoms with Crippen molar-refractivity contribution in [1.82, 2.24) is 10.2 Å². The Morgan fingerprint density at radius 3 is 2.32 bits per heavy atom. The van der Waals surface area contributed by atoms with E-state index in [0.29, 0.717) is 28.8 Å². The summed E-state index contributed by atoms with van der Waals surface area (Å²) in [6.45, 7) is 5.09. The number of benzene rings is 1. The molecule has 31 heavy (non-hydrogen) atoms. The molecule has 1 aromatic carbocycles. The molecular weight excluding hydrogens is 441 g/mol. The van der Waals surface area contributed by atoms with Gasteiger partial charge >= 0.3 is 6.03 Å². The fourth-order valence-electron chi connectivity index (χ4n) is 4.07. The Morgan fingerprint density at radius 2 is 1.74 bits per heavy atom. The van der Waals surface area contributed by atoms with Crippen molar-refractivity contribution in [3.63, 3.8) is 0 Å². The van der Waals surface area contributed by atoms with Crippen molar-refractivity contribution < 1.29 is 14.7 Å². The maximum atomic E-state index is 11.8. The van der Waals surface area contributed by atoms with Crippen molar-refractivity contribution in [2.75, 3.05) is 37.6 Å². The second kappa shape index (κ2) is 10.3. The van der Waals surface area contributed by atoms with E-state index < -0.39 is 11.6 Å². The Kier molecular flexibility index (Phi) is 7.91. The lowest BCUT2D eigenvalue weighted by molar-refractivity contribution is -0.133. The number of carbonyl (C=O) groups is 2. The molecule has 2 aliphatic carbocycles. The number of aliphatic hydroxyl groups is 1. The number of nitrogens with two attached hydrogens (primary N) is 2. The van der Waals surface area contributed by atoms with Crippen LogP contribution < -0.4 is 21.7 Å². The molecule has 1 aliphatic heterocycles. The predicted octanol–water partition coefficient (Wildman–Crippen LogP) is 1.95. The maximum Gasteiger partial charge on any atom is 0.309 e. The lowest BCUT2D eigenvalue weighted by Crippen LogP contribution is -2.50. The number of hydrogen-bond acceptors (Lipinski definition) is 5. The molecule has 0 bridgehead atoms. The summed E-state index contributed by atoms with van der Waals surface area (Å²) in [4.78, 5) is 25.7. The van der Waals surface area contributed by atoms with Gasteiger partial charge in [0.05, 0.1) is 15.7 Å². The summed E-state index contributed by atoms with van der Waals surface area (Å²) in [5.74, 6) is 0.520. The Hall–Kier alpha value is -1.74. The van der Waals surface area contributed by atoms with Gasteiger partial charge < -0.3 is 26.8 Å². The first kappa shape index (κ1) is 23.9. The summed E-state index contributed by atoms with van der Waals surface area (Å²) in [6.07, 6.45) is 4.48. The fourth-order valence-corrected chi connectivity index (χ4v) is 4.48. The van der Waals surface area contributed by atoms with E-state index in [9.17, 15) is 9.90 Å². The van der Waals surface area contributed by atoms with Gasteiger partial charge in [-0.05, 0) is 56.7 Å². The Labute approximate surface area is 192 Å². The summed E-state index contributed by atoms with van der Waals surface area (Å²) in [5, 5.41) is 14.0. The SMILES string of the molecule is NC(N)=O.O=C(NC1CC(CCN2CCN(c3cccc(Cl)c3Cl)CC2)C1)C1(O)CC1. The maximum absolute atomic E-state index is 11.8. The van der Waals surface area contributed by atoms with Gasteiger partial charge in [-0.1, -0.05) is 29.3 Å². The van der Waals surface area contributed by atoms with Gasteiger partial charge in [0.15, 0.2) is 0 Å². The molecule has 1 heterocycles. The van der Waals surface area contributed by atoms with E-state index in [4.69, 9.17) is 28.0 Å². The molecule has 1 saturated heterocycles. The summed E-state index contributed by atoms with van der Waals surface area (Å²) < 4.78 is 0. The molecule has 0 atom stereocenters. The molecular formula is C21H31Cl2N5O3. The van der Waals surface area contributed by atoms with Crippen LogP contribution in [0, 0.1) is 5.92 Å². The summed E-state index contributed by atoms with van der Waals surface area (Å²) in [7, 11) is 0. The second-order valence-corrected chi connectivity index (χ2v) is 9.42. The predicted molar refractivity (Wildman–Crippen MR) is 122 cm³/mol. The third-order valence-electron chi connectivity index (χ3n) is 6.21. The smallest absolute Gasteiger partial charge is 0.309 e. The lowest BCUT2D eigenvalue weighted by Gasteiger charge is -2.40. The van der Waals surface area contributed by atoms with E-state index >= 15 is 0 Å². The first-order valence-corrected chi connectivity index (χ1v) is 11.4. The van der Waals surface area contributed by atoms with Crippen LogP contribution in [0.3, 0.4) is 0 Å². The zero-order chi connectivity index (χ0) is 22.6. The van der Waals surface area contributed by atoms with Gasteiger partial charge in [0.25, 0.3) is 5.91 Å². The molecule has 10 heteroatoms. The van der Waals surface area contributed by atoms with Crippen molar-refractivity contribution in [3.8, 4) is 0 Å². The quantitative estimate of drug-likeness (QED) is 0.504.